The molecule has 0 radical (unpaired) electrons. The van der Waals surface area contributed by atoms with Gasteiger partial charge in [-0.1, -0.05) is 18.2 Å². The molecule has 4 rings (SSSR count). The van der Waals surface area contributed by atoms with Crippen LogP contribution in [0.5, 0.6) is 5.75 Å². The van der Waals surface area contributed by atoms with E-state index in [1.807, 2.05) is 43.3 Å². The Bertz CT molecular complexity index is 1120. The van der Waals surface area contributed by atoms with Crippen molar-refractivity contribution in [2.45, 2.75) is 20.1 Å². The third kappa shape index (κ3) is 3.83. The topological polar surface area (TPSA) is 90.1 Å². The van der Waals surface area contributed by atoms with Gasteiger partial charge in [-0.15, -0.1) is 0 Å². The van der Waals surface area contributed by atoms with Crippen molar-refractivity contribution in [3.8, 4) is 5.75 Å². The first-order valence-electron chi connectivity index (χ1n) is 8.79. The predicted molar refractivity (Wildman–Crippen MR) is 103 cm³/mol. The predicted octanol–water partition coefficient (Wildman–Crippen LogP) is 3.44. The Morgan fingerprint density at radius 3 is 3.00 bits per heavy atom. The van der Waals surface area contributed by atoms with E-state index in [4.69, 9.17) is 9.15 Å². The molecule has 0 aliphatic heterocycles. The summed E-state index contributed by atoms with van der Waals surface area (Å²) in [7, 11) is 0. The molecule has 0 saturated heterocycles. The SMILES string of the molecule is Cc1cccnc1CNC(=O)c1coc(COc2cccc3cnccc23)n1. The zero-order valence-corrected chi connectivity index (χ0v) is 15.3. The van der Waals surface area contributed by atoms with Gasteiger partial charge in [0.05, 0.1) is 12.2 Å². The van der Waals surface area contributed by atoms with E-state index < -0.39 is 0 Å². The molecule has 0 aliphatic carbocycles. The number of oxazole rings is 1. The molecule has 140 valence electrons. The van der Waals surface area contributed by atoms with E-state index in [9.17, 15) is 4.79 Å². The fourth-order valence-corrected chi connectivity index (χ4v) is 2.80. The van der Waals surface area contributed by atoms with Crippen LogP contribution in [0.1, 0.15) is 27.6 Å². The van der Waals surface area contributed by atoms with Gasteiger partial charge < -0.3 is 14.5 Å². The number of hydrogen-bond donors (Lipinski definition) is 1. The summed E-state index contributed by atoms with van der Waals surface area (Å²) in [5, 5.41) is 4.73. The van der Waals surface area contributed by atoms with Crippen LogP contribution in [0.2, 0.25) is 0 Å². The molecule has 3 aromatic heterocycles. The lowest BCUT2D eigenvalue weighted by Gasteiger charge is -2.07. The monoisotopic (exact) mass is 374 g/mol. The molecule has 4 aromatic rings. The van der Waals surface area contributed by atoms with Crippen molar-refractivity contribution in [3.63, 3.8) is 0 Å². The summed E-state index contributed by atoms with van der Waals surface area (Å²) in [5.74, 6) is 0.705. The minimum atomic E-state index is -0.323. The van der Waals surface area contributed by atoms with E-state index in [1.165, 1.54) is 6.26 Å². The second-order valence-corrected chi connectivity index (χ2v) is 6.22. The minimum Gasteiger partial charge on any atom is -0.483 e. The summed E-state index contributed by atoms with van der Waals surface area (Å²) in [6.45, 7) is 2.39. The molecule has 0 bridgehead atoms. The maximum Gasteiger partial charge on any atom is 0.273 e. The maximum absolute atomic E-state index is 12.3. The van der Waals surface area contributed by atoms with E-state index in [2.05, 4.69) is 20.3 Å². The number of nitrogens with zero attached hydrogens (tertiary/aromatic N) is 3. The summed E-state index contributed by atoms with van der Waals surface area (Å²) in [5.41, 5.74) is 2.03. The lowest BCUT2D eigenvalue weighted by molar-refractivity contribution is 0.0945. The summed E-state index contributed by atoms with van der Waals surface area (Å²) in [6, 6.07) is 11.4. The van der Waals surface area contributed by atoms with E-state index in [-0.39, 0.29) is 18.2 Å². The molecule has 1 amide bonds. The van der Waals surface area contributed by atoms with Crippen LogP contribution in [0.25, 0.3) is 10.8 Å². The molecule has 0 fully saturated rings. The van der Waals surface area contributed by atoms with Gasteiger partial charge in [0, 0.05) is 29.4 Å². The van der Waals surface area contributed by atoms with Crippen LogP contribution in [-0.2, 0) is 13.2 Å². The third-order valence-electron chi connectivity index (χ3n) is 4.31. The van der Waals surface area contributed by atoms with Crippen molar-refractivity contribution >= 4 is 16.7 Å². The molecule has 0 saturated carbocycles. The number of pyridine rings is 2. The fraction of sp³-hybridized carbons (Fsp3) is 0.143. The summed E-state index contributed by atoms with van der Waals surface area (Å²) in [4.78, 5) is 24.8. The molecular weight excluding hydrogens is 356 g/mol. The number of carbonyl (C=O) groups is 1. The zero-order chi connectivity index (χ0) is 19.3. The first-order valence-corrected chi connectivity index (χ1v) is 8.79. The molecular formula is C21H18N4O3. The second kappa shape index (κ2) is 7.87. The van der Waals surface area contributed by atoms with Crippen LogP contribution in [-0.4, -0.2) is 20.9 Å². The molecule has 0 aliphatic rings. The van der Waals surface area contributed by atoms with Gasteiger partial charge >= 0.3 is 0 Å². The van der Waals surface area contributed by atoms with Crippen LogP contribution < -0.4 is 10.1 Å². The number of carbonyl (C=O) groups excluding carboxylic acids is 1. The van der Waals surface area contributed by atoms with Crippen LogP contribution in [0.15, 0.2) is 65.7 Å². The van der Waals surface area contributed by atoms with E-state index >= 15 is 0 Å². The minimum absolute atomic E-state index is 0.119. The number of ether oxygens (including phenoxy) is 1. The number of amides is 1. The smallest absolute Gasteiger partial charge is 0.273 e. The first-order chi connectivity index (χ1) is 13.7. The van der Waals surface area contributed by atoms with Crippen LogP contribution in [0.3, 0.4) is 0 Å². The first kappa shape index (κ1) is 17.7. The Hall–Kier alpha value is -3.74. The van der Waals surface area contributed by atoms with Gasteiger partial charge in [-0.3, -0.25) is 14.8 Å². The van der Waals surface area contributed by atoms with Crippen molar-refractivity contribution in [2.24, 2.45) is 0 Å². The highest BCUT2D eigenvalue weighted by atomic mass is 16.5. The quantitative estimate of drug-likeness (QED) is 0.556. The normalized spacial score (nSPS) is 10.8. The van der Waals surface area contributed by atoms with Gasteiger partial charge in [0.2, 0.25) is 5.89 Å². The number of aromatic nitrogens is 3. The lowest BCUT2D eigenvalue weighted by atomic mass is 10.1. The second-order valence-electron chi connectivity index (χ2n) is 6.22. The van der Waals surface area contributed by atoms with Crippen molar-refractivity contribution in [1.29, 1.82) is 0 Å². The lowest BCUT2D eigenvalue weighted by Crippen LogP contribution is -2.24. The van der Waals surface area contributed by atoms with E-state index in [0.29, 0.717) is 18.2 Å². The number of nitrogens with one attached hydrogen (secondary N) is 1. The maximum atomic E-state index is 12.3. The van der Waals surface area contributed by atoms with Crippen LogP contribution >= 0.6 is 0 Å². The highest BCUT2D eigenvalue weighted by Crippen LogP contribution is 2.25. The fourth-order valence-electron chi connectivity index (χ4n) is 2.80. The van der Waals surface area contributed by atoms with E-state index in [0.717, 1.165) is 22.0 Å². The van der Waals surface area contributed by atoms with Gasteiger partial charge in [-0.25, -0.2) is 4.98 Å². The summed E-state index contributed by atoms with van der Waals surface area (Å²) < 4.78 is 11.2. The summed E-state index contributed by atoms with van der Waals surface area (Å²) >= 11 is 0. The number of fused-ring (bicyclic) bond motifs is 1. The average Bonchev–Trinajstić information content (AvgIpc) is 3.20. The third-order valence-corrected chi connectivity index (χ3v) is 4.31. The molecule has 0 unspecified atom stereocenters. The van der Waals surface area contributed by atoms with Gasteiger partial charge in [-0.05, 0) is 30.7 Å². The van der Waals surface area contributed by atoms with E-state index in [1.54, 1.807) is 18.6 Å². The van der Waals surface area contributed by atoms with Crippen molar-refractivity contribution in [3.05, 3.63) is 84.1 Å². The number of rotatable bonds is 6. The zero-order valence-electron chi connectivity index (χ0n) is 15.3. The molecule has 1 N–H and O–H groups in total. The Labute approximate surface area is 161 Å². The standard InChI is InChI=1S/C21H18N4O3/c1-14-4-3-8-23-17(14)11-24-21(26)18-12-28-20(25-18)13-27-19-6-2-5-15-10-22-9-7-16(15)19/h2-10,12H,11,13H2,1H3,(H,24,26). The van der Waals surface area contributed by atoms with Crippen molar-refractivity contribution < 1.29 is 13.9 Å². The molecule has 28 heavy (non-hydrogen) atoms. The highest BCUT2D eigenvalue weighted by Gasteiger charge is 2.13. The van der Waals surface area contributed by atoms with Crippen molar-refractivity contribution in [2.75, 3.05) is 0 Å². The molecule has 0 spiro atoms. The van der Waals surface area contributed by atoms with Gasteiger partial charge in [0.1, 0.15) is 12.0 Å². The molecule has 7 heteroatoms. The molecule has 1 aromatic carbocycles. The summed E-state index contributed by atoms with van der Waals surface area (Å²) in [6.07, 6.45) is 6.51. The number of aryl methyl sites for hydroxylation is 1. The Morgan fingerprint density at radius 2 is 2.11 bits per heavy atom. The Morgan fingerprint density at radius 1 is 1.18 bits per heavy atom. The van der Waals surface area contributed by atoms with Crippen LogP contribution in [0, 0.1) is 6.92 Å². The number of benzene rings is 1. The van der Waals surface area contributed by atoms with Gasteiger partial charge in [0.15, 0.2) is 12.3 Å². The Balaban J connectivity index is 1.39. The van der Waals surface area contributed by atoms with Gasteiger partial charge in [0.25, 0.3) is 5.91 Å². The van der Waals surface area contributed by atoms with Crippen LogP contribution in [0.4, 0.5) is 0 Å². The highest BCUT2D eigenvalue weighted by molar-refractivity contribution is 5.91. The Kier molecular flexibility index (Phi) is 4.97. The average molecular weight is 374 g/mol. The van der Waals surface area contributed by atoms with Gasteiger partial charge in [-0.2, -0.15) is 0 Å². The molecule has 7 nitrogen and oxygen atoms in total. The molecule has 0 atom stereocenters. The number of hydrogen-bond acceptors (Lipinski definition) is 6. The van der Waals surface area contributed by atoms with Crippen molar-refractivity contribution in [1.82, 2.24) is 20.3 Å². The molecule has 3 heterocycles. The largest absolute Gasteiger partial charge is 0.483 e.